The van der Waals surface area contributed by atoms with Gasteiger partial charge in [-0.1, -0.05) is 18.2 Å². The topological polar surface area (TPSA) is 78.8 Å². The van der Waals surface area contributed by atoms with Crippen LogP contribution in [0.5, 0.6) is 0 Å². The number of hydrogen-bond acceptors (Lipinski definition) is 4. The molecule has 0 saturated carbocycles. The van der Waals surface area contributed by atoms with Crippen molar-refractivity contribution < 1.29 is 14.7 Å². The van der Waals surface area contributed by atoms with Gasteiger partial charge >= 0.3 is 5.97 Å². The molecule has 0 bridgehead atoms. The molecule has 1 aromatic carbocycles. The molecular formula is C10H10N2O3. The summed E-state index contributed by atoms with van der Waals surface area (Å²) in [5, 5.41) is 12.0. The van der Waals surface area contributed by atoms with Crippen molar-refractivity contribution in [2.45, 2.75) is 6.92 Å². The summed E-state index contributed by atoms with van der Waals surface area (Å²) in [6, 6.07) is 8.94. The highest BCUT2D eigenvalue weighted by Crippen LogP contribution is 2.04. The molecule has 0 fully saturated rings. The minimum Gasteiger partial charge on any atom is -0.475 e. The molecule has 0 heterocycles. The number of nitrogens with one attached hydrogen (secondary N) is 1. The number of para-hydroxylation sites is 1. The van der Waals surface area contributed by atoms with Crippen LogP contribution in [0.2, 0.25) is 0 Å². The molecule has 0 unspecified atom stereocenters. The maximum atomic E-state index is 10.9. The van der Waals surface area contributed by atoms with Crippen LogP contribution in [0, 0.1) is 0 Å². The second-order valence-electron chi connectivity index (χ2n) is 2.81. The van der Waals surface area contributed by atoms with Gasteiger partial charge in [-0.25, -0.2) is 4.79 Å². The van der Waals surface area contributed by atoms with Crippen molar-refractivity contribution in [3.05, 3.63) is 30.3 Å². The zero-order valence-electron chi connectivity index (χ0n) is 8.10. The normalized spacial score (nSPS) is 10.9. The van der Waals surface area contributed by atoms with Gasteiger partial charge in [0.05, 0.1) is 5.69 Å². The average molecular weight is 206 g/mol. The van der Waals surface area contributed by atoms with Gasteiger partial charge in [0.15, 0.2) is 0 Å². The Morgan fingerprint density at radius 3 is 2.40 bits per heavy atom. The summed E-state index contributed by atoms with van der Waals surface area (Å²) in [5.74, 6) is -2.52. The van der Waals surface area contributed by atoms with Crippen LogP contribution in [0.25, 0.3) is 0 Å². The van der Waals surface area contributed by atoms with Crippen LogP contribution in [0.15, 0.2) is 35.4 Å². The van der Waals surface area contributed by atoms with Crippen LogP contribution < -0.4 is 5.43 Å². The van der Waals surface area contributed by atoms with E-state index in [0.29, 0.717) is 5.69 Å². The molecule has 15 heavy (non-hydrogen) atoms. The molecule has 5 heteroatoms. The van der Waals surface area contributed by atoms with E-state index >= 15 is 0 Å². The lowest BCUT2D eigenvalue weighted by molar-refractivity contribution is -0.145. The minimum atomic E-state index is -1.51. The maximum absolute atomic E-state index is 10.9. The molecule has 1 rings (SSSR count). The zero-order chi connectivity index (χ0) is 11.3. The molecule has 0 radical (unpaired) electrons. The first-order chi connectivity index (χ1) is 7.11. The molecule has 0 saturated heterocycles. The lowest BCUT2D eigenvalue weighted by Crippen LogP contribution is -2.21. The monoisotopic (exact) mass is 206 g/mol. The number of hydrazone groups is 1. The summed E-state index contributed by atoms with van der Waals surface area (Å²) in [4.78, 5) is 21.2. The van der Waals surface area contributed by atoms with Crippen LogP contribution >= 0.6 is 0 Å². The Bertz CT molecular complexity index is 398. The molecule has 0 aliphatic carbocycles. The fourth-order valence-corrected chi connectivity index (χ4v) is 0.867. The molecule has 1 aromatic rings. The SMILES string of the molecule is C/C(=N\Nc1ccccc1)C(=O)C(=O)O. The predicted molar refractivity (Wildman–Crippen MR) is 55.8 cm³/mol. The summed E-state index contributed by atoms with van der Waals surface area (Å²) < 4.78 is 0. The van der Waals surface area contributed by atoms with E-state index < -0.39 is 11.8 Å². The molecule has 0 aliphatic heterocycles. The van der Waals surface area contributed by atoms with Crippen LogP contribution in [0.3, 0.4) is 0 Å². The second-order valence-corrected chi connectivity index (χ2v) is 2.81. The van der Waals surface area contributed by atoms with Gasteiger partial charge in [0, 0.05) is 0 Å². The van der Waals surface area contributed by atoms with E-state index in [4.69, 9.17) is 5.11 Å². The van der Waals surface area contributed by atoms with Gasteiger partial charge in [0.2, 0.25) is 0 Å². The summed E-state index contributed by atoms with van der Waals surface area (Å²) in [6.45, 7) is 1.34. The first-order valence-electron chi connectivity index (χ1n) is 4.24. The summed E-state index contributed by atoms with van der Waals surface area (Å²) in [7, 11) is 0. The standard InChI is InChI=1S/C10H10N2O3/c1-7(9(13)10(14)15)11-12-8-5-3-2-4-6-8/h2-6,12H,1H3,(H,14,15)/b11-7+. The minimum absolute atomic E-state index is 0.0913. The predicted octanol–water partition coefficient (Wildman–Crippen LogP) is 1.13. The molecule has 78 valence electrons. The largest absolute Gasteiger partial charge is 0.475 e. The lowest BCUT2D eigenvalue weighted by atomic mass is 10.3. The van der Waals surface area contributed by atoms with Gasteiger partial charge in [-0.2, -0.15) is 5.10 Å². The third kappa shape index (κ3) is 3.22. The highest BCUT2D eigenvalue weighted by molar-refractivity contribution is 6.62. The van der Waals surface area contributed by atoms with E-state index in [1.165, 1.54) is 6.92 Å². The first-order valence-corrected chi connectivity index (χ1v) is 4.24. The van der Waals surface area contributed by atoms with Gasteiger partial charge in [0.1, 0.15) is 5.71 Å². The summed E-state index contributed by atoms with van der Waals surface area (Å²) >= 11 is 0. The van der Waals surface area contributed by atoms with E-state index in [9.17, 15) is 9.59 Å². The molecule has 0 amide bonds. The van der Waals surface area contributed by atoms with Crippen molar-refractivity contribution in [2.24, 2.45) is 5.10 Å². The number of ketones is 1. The van der Waals surface area contributed by atoms with Crippen molar-refractivity contribution >= 4 is 23.2 Å². The highest BCUT2D eigenvalue weighted by Gasteiger charge is 2.14. The Labute approximate surface area is 86.4 Å². The maximum Gasteiger partial charge on any atom is 0.378 e. The third-order valence-electron chi connectivity index (χ3n) is 1.65. The summed E-state index contributed by atoms with van der Waals surface area (Å²) in [5.41, 5.74) is 3.18. The smallest absolute Gasteiger partial charge is 0.378 e. The third-order valence-corrected chi connectivity index (χ3v) is 1.65. The van der Waals surface area contributed by atoms with Gasteiger partial charge < -0.3 is 5.11 Å². The number of hydrogen-bond donors (Lipinski definition) is 2. The Hall–Kier alpha value is -2.17. The zero-order valence-corrected chi connectivity index (χ0v) is 8.10. The van der Waals surface area contributed by atoms with Crippen molar-refractivity contribution in [1.82, 2.24) is 0 Å². The van der Waals surface area contributed by atoms with E-state index in [-0.39, 0.29) is 5.71 Å². The number of carbonyl (C=O) groups excluding carboxylic acids is 1. The number of Topliss-reactive ketones (excluding diaryl/α,β-unsaturated/α-hetero) is 1. The molecule has 0 atom stereocenters. The van der Waals surface area contributed by atoms with Crippen molar-refractivity contribution in [1.29, 1.82) is 0 Å². The molecule has 0 spiro atoms. The first kappa shape index (κ1) is 10.9. The number of rotatable bonds is 4. The summed E-state index contributed by atoms with van der Waals surface area (Å²) in [6.07, 6.45) is 0. The van der Waals surface area contributed by atoms with E-state index in [1.54, 1.807) is 24.3 Å². The molecule has 0 aliphatic rings. The van der Waals surface area contributed by atoms with E-state index in [2.05, 4.69) is 10.5 Å². The number of carboxylic acid groups (broad SMARTS) is 1. The Balaban J connectivity index is 2.66. The molecule has 2 N–H and O–H groups in total. The van der Waals surface area contributed by atoms with Crippen LogP contribution in [-0.2, 0) is 9.59 Å². The van der Waals surface area contributed by atoms with Crippen LogP contribution in [-0.4, -0.2) is 22.6 Å². The van der Waals surface area contributed by atoms with Gasteiger partial charge in [0.25, 0.3) is 5.78 Å². The molecule has 5 nitrogen and oxygen atoms in total. The Morgan fingerprint density at radius 1 is 1.27 bits per heavy atom. The number of anilines is 1. The van der Waals surface area contributed by atoms with Crippen LogP contribution in [0.4, 0.5) is 5.69 Å². The fourth-order valence-electron chi connectivity index (χ4n) is 0.867. The number of aliphatic carboxylic acids is 1. The highest BCUT2D eigenvalue weighted by atomic mass is 16.4. The fraction of sp³-hybridized carbons (Fsp3) is 0.100. The van der Waals surface area contributed by atoms with Crippen molar-refractivity contribution in [3.8, 4) is 0 Å². The average Bonchev–Trinajstić information content (AvgIpc) is 2.26. The second kappa shape index (κ2) is 4.90. The van der Waals surface area contributed by atoms with Crippen LogP contribution in [0.1, 0.15) is 6.92 Å². The molecular weight excluding hydrogens is 196 g/mol. The quantitative estimate of drug-likeness (QED) is 0.439. The Kier molecular flexibility index (Phi) is 3.56. The van der Waals surface area contributed by atoms with Gasteiger partial charge in [-0.15, -0.1) is 0 Å². The van der Waals surface area contributed by atoms with Crippen molar-refractivity contribution in [3.63, 3.8) is 0 Å². The Morgan fingerprint density at radius 2 is 1.87 bits per heavy atom. The number of benzene rings is 1. The van der Waals surface area contributed by atoms with Gasteiger partial charge in [-0.05, 0) is 19.1 Å². The number of carbonyl (C=O) groups is 2. The van der Waals surface area contributed by atoms with E-state index in [1.807, 2.05) is 6.07 Å². The number of carboxylic acids is 1. The van der Waals surface area contributed by atoms with E-state index in [0.717, 1.165) is 0 Å². The molecule has 0 aromatic heterocycles. The number of nitrogens with zero attached hydrogens (tertiary/aromatic N) is 1. The lowest BCUT2D eigenvalue weighted by Gasteiger charge is -1.99. The van der Waals surface area contributed by atoms with Crippen molar-refractivity contribution in [2.75, 3.05) is 5.43 Å². The van der Waals surface area contributed by atoms with Gasteiger partial charge in [-0.3, -0.25) is 10.2 Å².